The van der Waals surface area contributed by atoms with E-state index in [4.69, 9.17) is 11.6 Å². The van der Waals surface area contributed by atoms with E-state index in [1.165, 1.54) is 11.8 Å². The van der Waals surface area contributed by atoms with Gasteiger partial charge in [-0.1, -0.05) is 11.8 Å². The van der Waals surface area contributed by atoms with Crippen LogP contribution >= 0.6 is 11.8 Å². The minimum Gasteiger partial charge on any atom is -0.377 e. The number of carbonyl (C=O) groups excluding carboxylic acids is 1. The zero-order chi connectivity index (χ0) is 11.7. The molecule has 0 aromatic heterocycles. The average molecular weight is 232 g/mol. The summed E-state index contributed by atoms with van der Waals surface area (Å²) in [6, 6.07) is 0. The Balaban J connectivity index is 3.63. The predicted molar refractivity (Wildman–Crippen MR) is 65.4 cm³/mol. The number of amidine groups is 1. The van der Waals surface area contributed by atoms with Gasteiger partial charge in [-0.15, -0.1) is 0 Å². The van der Waals surface area contributed by atoms with Crippen molar-refractivity contribution in [2.24, 2.45) is 16.7 Å². The van der Waals surface area contributed by atoms with Crippen LogP contribution < -0.4 is 11.6 Å². The van der Waals surface area contributed by atoms with Crippen molar-refractivity contribution in [1.29, 1.82) is 0 Å². The lowest BCUT2D eigenvalue weighted by Gasteiger charge is -2.18. The van der Waals surface area contributed by atoms with E-state index in [1.54, 1.807) is 0 Å². The molecule has 0 radical (unpaired) electrons. The number of thioether (sulfide) groups is 1. The second kappa shape index (κ2) is 8.40. The molecular weight excluding hydrogens is 212 g/mol. The lowest BCUT2D eigenvalue weighted by molar-refractivity contribution is -0.130. The highest BCUT2D eigenvalue weighted by molar-refractivity contribution is 8.13. The van der Waals surface area contributed by atoms with E-state index in [1.807, 2.05) is 18.7 Å². The van der Waals surface area contributed by atoms with Gasteiger partial charge in [-0.25, -0.2) is 0 Å². The van der Waals surface area contributed by atoms with Crippen LogP contribution in [-0.2, 0) is 4.79 Å². The lowest BCUT2D eigenvalue weighted by Crippen LogP contribution is -2.30. The monoisotopic (exact) mass is 232 g/mol. The van der Waals surface area contributed by atoms with Crippen LogP contribution in [-0.4, -0.2) is 34.8 Å². The average Bonchev–Trinajstić information content (AvgIpc) is 2.25. The molecule has 0 heterocycles. The molecule has 0 saturated carbocycles. The molecule has 15 heavy (non-hydrogen) atoms. The van der Waals surface area contributed by atoms with Crippen LogP contribution in [0.25, 0.3) is 0 Å². The molecule has 0 unspecified atom stereocenters. The van der Waals surface area contributed by atoms with Gasteiger partial charge in [-0.05, 0) is 20.3 Å². The molecule has 0 aliphatic carbocycles. The number of carbonyl (C=O) groups is 1. The summed E-state index contributed by atoms with van der Waals surface area (Å²) in [6.45, 7) is 5.51. The van der Waals surface area contributed by atoms with Crippen LogP contribution in [0.15, 0.2) is 5.10 Å². The third-order valence-electron chi connectivity index (χ3n) is 2.03. The van der Waals surface area contributed by atoms with Crippen LogP contribution in [0.5, 0.6) is 0 Å². The van der Waals surface area contributed by atoms with Crippen molar-refractivity contribution < 1.29 is 4.79 Å². The fourth-order valence-electron chi connectivity index (χ4n) is 1.17. The number of nitrogens with two attached hydrogens (primary N) is 2. The van der Waals surface area contributed by atoms with Gasteiger partial charge in [-0.2, -0.15) is 5.10 Å². The summed E-state index contributed by atoms with van der Waals surface area (Å²) in [5.41, 5.74) is 5.39. The first-order valence-corrected chi connectivity index (χ1v) is 6.08. The maximum absolute atomic E-state index is 11.6. The molecule has 0 spiro atoms. The molecule has 1 amide bonds. The van der Waals surface area contributed by atoms with Crippen LogP contribution in [0, 0.1) is 0 Å². The molecule has 5 nitrogen and oxygen atoms in total. The minimum absolute atomic E-state index is 0.198. The summed E-state index contributed by atoms with van der Waals surface area (Å²) in [6.07, 6.45) is 1.36. The van der Waals surface area contributed by atoms with Crippen molar-refractivity contribution in [3.63, 3.8) is 0 Å². The SMILES string of the molecule is CCN(CC)C(=O)CCCSC(N)=NN. The first-order chi connectivity index (χ1) is 7.15. The summed E-state index contributed by atoms with van der Waals surface area (Å²) in [5.74, 6) is 5.95. The number of amides is 1. The number of nitrogens with zero attached hydrogens (tertiary/aromatic N) is 2. The van der Waals surface area contributed by atoms with Gasteiger partial charge in [0.2, 0.25) is 5.91 Å². The van der Waals surface area contributed by atoms with E-state index < -0.39 is 0 Å². The second-order valence-electron chi connectivity index (χ2n) is 2.99. The first-order valence-electron chi connectivity index (χ1n) is 5.09. The van der Waals surface area contributed by atoms with E-state index >= 15 is 0 Å². The third kappa shape index (κ3) is 6.22. The molecule has 0 aliphatic heterocycles. The minimum atomic E-state index is 0.198. The molecule has 0 saturated heterocycles. The van der Waals surface area contributed by atoms with Crippen molar-refractivity contribution in [2.75, 3.05) is 18.8 Å². The number of rotatable bonds is 6. The van der Waals surface area contributed by atoms with Gasteiger partial charge in [0.15, 0.2) is 5.17 Å². The van der Waals surface area contributed by atoms with Crippen LogP contribution in [0.2, 0.25) is 0 Å². The molecule has 4 N–H and O–H groups in total. The summed E-state index contributed by atoms with van der Waals surface area (Å²) in [4.78, 5) is 13.4. The smallest absolute Gasteiger partial charge is 0.222 e. The van der Waals surface area contributed by atoms with Crippen molar-refractivity contribution in [3.8, 4) is 0 Å². The topological polar surface area (TPSA) is 84.7 Å². The Morgan fingerprint density at radius 1 is 1.40 bits per heavy atom. The van der Waals surface area contributed by atoms with Gasteiger partial charge in [0.05, 0.1) is 0 Å². The number of hydrazone groups is 1. The zero-order valence-electron chi connectivity index (χ0n) is 9.40. The zero-order valence-corrected chi connectivity index (χ0v) is 10.2. The van der Waals surface area contributed by atoms with Gasteiger partial charge in [0.1, 0.15) is 0 Å². The fourth-order valence-corrected chi connectivity index (χ4v) is 1.74. The molecule has 0 rings (SSSR count). The van der Waals surface area contributed by atoms with E-state index in [0.29, 0.717) is 11.6 Å². The van der Waals surface area contributed by atoms with Crippen molar-refractivity contribution in [1.82, 2.24) is 4.90 Å². The molecule has 0 fully saturated rings. The second-order valence-corrected chi connectivity index (χ2v) is 4.10. The Kier molecular flexibility index (Phi) is 7.89. The highest BCUT2D eigenvalue weighted by Gasteiger charge is 2.08. The highest BCUT2D eigenvalue weighted by atomic mass is 32.2. The Bertz CT molecular complexity index is 216. The number of hydrogen-bond acceptors (Lipinski definition) is 4. The Morgan fingerprint density at radius 3 is 2.47 bits per heavy atom. The summed E-state index contributed by atoms with van der Waals surface area (Å²) in [5, 5.41) is 3.70. The van der Waals surface area contributed by atoms with E-state index in [9.17, 15) is 4.79 Å². The van der Waals surface area contributed by atoms with Crippen molar-refractivity contribution in [2.45, 2.75) is 26.7 Å². The Hall–Kier alpha value is -0.910. The molecule has 0 bridgehead atoms. The summed E-state index contributed by atoms with van der Waals surface area (Å²) in [7, 11) is 0. The van der Waals surface area contributed by atoms with Crippen molar-refractivity contribution >= 4 is 22.8 Å². The molecule has 0 aromatic rings. The van der Waals surface area contributed by atoms with Gasteiger partial charge in [-0.3, -0.25) is 4.79 Å². The Morgan fingerprint density at radius 2 is 2.00 bits per heavy atom. The van der Waals surface area contributed by atoms with E-state index in [2.05, 4.69) is 5.10 Å². The maximum Gasteiger partial charge on any atom is 0.222 e. The molecule has 6 heteroatoms. The summed E-state index contributed by atoms with van der Waals surface area (Å²) >= 11 is 1.38. The highest BCUT2D eigenvalue weighted by Crippen LogP contribution is 2.05. The normalized spacial score (nSPS) is 11.5. The van der Waals surface area contributed by atoms with Gasteiger partial charge in [0.25, 0.3) is 0 Å². The third-order valence-corrected chi connectivity index (χ3v) is 2.92. The van der Waals surface area contributed by atoms with Crippen LogP contribution in [0.3, 0.4) is 0 Å². The van der Waals surface area contributed by atoms with Gasteiger partial charge >= 0.3 is 0 Å². The van der Waals surface area contributed by atoms with Crippen LogP contribution in [0.4, 0.5) is 0 Å². The maximum atomic E-state index is 11.6. The molecule has 0 aliphatic rings. The van der Waals surface area contributed by atoms with Gasteiger partial charge < -0.3 is 16.5 Å². The van der Waals surface area contributed by atoms with E-state index in [0.717, 1.165) is 25.3 Å². The predicted octanol–water partition coefficient (Wildman–Crippen LogP) is 0.557. The van der Waals surface area contributed by atoms with Crippen LogP contribution in [0.1, 0.15) is 26.7 Å². The quantitative estimate of drug-likeness (QED) is 0.230. The first kappa shape index (κ1) is 14.1. The largest absolute Gasteiger partial charge is 0.377 e. The van der Waals surface area contributed by atoms with E-state index in [-0.39, 0.29) is 5.91 Å². The molecule has 0 atom stereocenters. The standard InChI is InChI=1S/C9H20N4OS/c1-3-13(4-2)8(14)6-5-7-15-9(10)12-11/h3-7,11H2,1-2H3,(H2,10,12). The lowest BCUT2D eigenvalue weighted by atomic mass is 10.3. The fraction of sp³-hybridized carbons (Fsp3) is 0.778. The van der Waals surface area contributed by atoms with Gasteiger partial charge in [0, 0.05) is 25.3 Å². The molecule has 0 aromatic carbocycles. The molecular formula is C9H20N4OS. The Labute approximate surface area is 95.2 Å². The summed E-state index contributed by atoms with van der Waals surface area (Å²) < 4.78 is 0. The van der Waals surface area contributed by atoms with Crippen molar-refractivity contribution in [3.05, 3.63) is 0 Å². The molecule has 88 valence electrons. The number of hydrogen-bond donors (Lipinski definition) is 2.